The summed E-state index contributed by atoms with van der Waals surface area (Å²) in [6.45, 7) is 4.91. The monoisotopic (exact) mass is 286 g/mol. The summed E-state index contributed by atoms with van der Waals surface area (Å²) in [6.07, 6.45) is 0. The van der Waals surface area contributed by atoms with Gasteiger partial charge in [-0.3, -0.25) is 4.79 Å². The van der Waals surface area contributed by atoms with Gasteiger partial charge in [0.25, 0.3) is 5.91 Å². The smallest absolute Gasteiger partial charge is 0.261 e. The second-order valence-corrected chi connectivity index (χ2v) is 6.15. The quantitative estimate of drug-likeness (QED) is 0.730. The number of anilines is 2. The number of carbonyl (C=O) groups is 1. The summed E-state index contributed by atoms with van der Waals surface area (Å²) in [5, 5.41) is 3.99. The van der Waals surface area contributed by atoms with Gasteiger partial charge >= 0.3 is 0 Å². The number of amides is 1. The zero-order chi connectivity index (χ0) is 14.8. The summed E-state index contributed by atoms with van der Waals surface area (Å²) >= 11 is 1.22. The third-order valence-electron chi connectivity index (χ3n) is 3.22. The minimum Gasteiger partial charge on any atom is -0.492 e. The Balaban J connectivity index is 2.96. The molecule has 0 spiro atoms. The number of rotatable bonds is 6. The highest BCUT2D eigenvalue weighted by Gasteiger charge is 2.24. The number of methoxy groups -OCH3 is 1. The van der Waals surface area contributed by atoms with Crippen LogP contribution in [0.1, 0.15) is 23.5 Å². The largest absolute Gasteiger partial charge is 0.492 e. The number of hydrogen-bond donors (Lipinski definition) is 3. The van der Waals surface area contributed by atoms with Gasteiger partial charge in [-0.15, -0.1) is 11.3 Å². The molecule has 7 heteroatoms. The summed E-state index contributed by atoms with van der Waals surface area (Å²) in [6, 6.07) is 0. The van der Waals surface area contributed by atoms with Crippen LogP contribution in [0.2, 0.25) is 0 Å². The first kappa shape index (κ1) is 15.6. The summed E-state index contributed by atoms with van der Waals surface area (Å²) in [5.41, 5.74) is 11.4. The van der Waals surface area contributed by atoms with Crippen molar-refractivity contribution in [2.75, 3.05) is 38.8 Å². The molecule has 0 radical (unpaired) electrons. The van der Waals surface area contributed by atoms with E-state index in [0.717, 1.165) is 5.00 Å². The zero-order valence-electron chi connectivity index (χ0n) is 12.0. The van der Waals surface area contributed by atoms with Gasteiger partial charge in [-0.2, -0.15) is 0 Å². The highest BCUT2D eigenvalue weighted by molar-refractivity contribution is 7.19. The summed E-state index contributed by atoms with van der Waals surface area (Å²) in [7, 11) is 5.54. The number of nitrogens with zero attached hydrogens (tertiary/aromatic N) is 1. The lowest BCUT2D eigenvalue weighted by Gasteiger charge is -2.32. The third kappa shape index (κ3) is 3.30. The molecule has 0 saturated heterocycles. The molecule has 19 heavy (non-hydrogen) atoms. The van der Waals surface area contributed by atoms with E-state index < -0.39 is 5.91 Å². The average Bonchev–Trinajstić information content (AvgIpc) is 2.63. The van der Waals surface area contributed by atoms with Crippen molar-refractivity contribution < 1.29 is 9.53 Å². The second-order valence-electron chi connectivity index (χ2n) is 5.13. The Hall–Kier alpha value is -1.47. The van der Waals surface area contributed by atoms with Crippen LogP contribution >= 0.6 is 11.3 Å². The van der Waals surface area contributed by atoms with Crippen molar-refractivity contribution in [1.29, 1.82) is 0 Å². The number of likely N-dealkylation sites (N-methyl/N-ethyl adjacent to an activating group) is 1. The van der Waals surface area contributed by atoms with Crippen molar-refractivity contribution in [2.45, 2.75) is 19.4 Å². The van der Waals surface area contributed by atoms with Crippen LogP contribution in [0.15, 0.2) is 0 Å². The van der Waals surface area contributed by atoms with Gasteiger partial charge in [0.15, 0.2) is 5.75 Å². The van der Waals surface area contributed by atoms with Crippen molar-refractivity contribution in [3.8, 4) is 5.75 Å². The Labute approximate surface area is 117 Å². The lowest BCUT2D eigenvalue weighted by molar-refractivity contribution is 0.100. The number of nitrogens with two attached hydrogens (primary N) is 2. The number of carbonyl (C=O) groups excluding carboxylic acids is 1. The van der Waals surface area contributed by atoms with Crippen LogP contribution in [0.5, 0.6) is 5.75 Å². The fourth-order valence-electron chi connectivity index (χ4n) is 1.39. The molecule has 5 N–H and O–H groups in total. The predicted octanol–water partition coefficient (Wildman–Crippen LogP) is 1.19. The topological polar surface area (TPSA) is 93.6 Å². The molecule has 1 aromatic rings. The number of nitrogen functional groups attached to an aromatic ring is 1. The summed E-state index contributed by atoms with van der Waals surface area (Å²) < 4.78 is 5.23. The van der Waals surface area contributed by atoms with E-state index in [1.54, 1.807) is 0 Å². The molecule has 0 aliphatic heterocycles. The Bertz CT molecular complexity index is 469. The molecule has 1 heterocycles. The van der Waals surface area contributed by atoms with Crippen molar-refractivity contribution in [1.82, 2.24) is 4.90 Å². The van der Waals surface area contributed by atoms with E-state index in [9.17, 15) is 4.79 Å². The van der Waals surface area contributed by atoms with Gasteiger partial charge < -0.3 is 26.4 Å². The standard InChI is InChI=1S/C12H22N4O2S/c1-12(2,16(3)4)6-15-11-8(18-5)7(13)9(19-11)10(14)17/h15H,6,13H2,1-5H3,(H2,14,17). The minimum absolute atomic E-state index is 0.0450. The molecule has 0 fully saturated rings. The third-order valence-corrected chi connectivity index (χ3v) is 4.38. The van der Waals surface area contributed by atoms with Crippen LogP contribution < -0.4 is 21.5 Å². The Morgan fingerprint density at radius 1 is 1.47 bits per heavy atom. The lowest BCUT2D eigenvalue weighted by atomic mass is 10.0. The van der Waals surface area contributed by atoms with Gasteiger partial charge in [-0.05, 0) is 27.9 Å². The van der Waals surface area contributed by atoms with Gasteiger partial charge in [0.1, 0.15) is 15.6 Å². The minimum atomic E-state index is -0.541. The lowest BCUT2D eigenvalue weighted by Crippen LogP contribution is -2.44. The van der Waals surface area contributed by atoms with Gasteiger partial charge in [0.2, 0.25) is 0 Å². The fourth-order valence-corrected chi connectivity index (χ4v) is 2.32. The maximum atomic E-state index is 11.3. The molecule has 0 atom stereocenters. The van der Waals surface area contributed by atoms with Crippen LogP contribution in [0.3, 0.4) is 0 Å². The second kappa shape index (κ2) is 5.66. The number of hydrogen-bond acceptors (Lipinski definition) is 6. The molecule has 0 bridgehead atoms. The van der Waals surface area contributed by atoms with E-state index in [2.05, 4.69) is 24.1 Å². The van der Waals surface area contributed by atoms with E-state index >= 15 is 0 Å². The van der Waals surface area contributed by atoms with Crippen molar-refractivity contribution >= 4 is 27.9 Å². The van der Waals surface area contributed by atoms with Crippen LogP contribution in [0.25, 0.3) is 0 Å². The number of thiophene rings is 1. The predicted molar refractivity (Wildman–Crippen MR) is 80.1 cm³/mol. The molecule has 1 rings (SSSR count). The van der Waals surface area contributed by atoms with E-state index in [1.165, 1.54) is 18.4 Å². The van der Waals surface area contributed by atoms with E-state index in [0.29, 0.717) is 22.9 Å². The van der Waals surface area contributed by atoms with Gasteiger partial charge in [0.05, 0.1) is 7.11 Å². The Morgan fingerprint density at radius 3 is 2.47 bits per heavy atom. The fraction of sp³-hybridized carbons (Fsp3) is 0.583. The van der Waals surface area contributed by atoms with Gasteiger partial charge in [-0.1, -0.05) is 0 Å². The molecule has 0 saturated carbocycles. The van der Waals surface area contributed by atoms with E-state index in [-0.39, 0.29) is 5.54 Å². The first-order valence-corrected chi connectivity index (χ1v) is 6.69. The van der Waals surface area contributed by atoms with Crippen molar-refractivity contribution in [2.24, 2.45) is 5.73 Å². The summed E-state index contributed by atoms with van der Waals surface area (Å²) in [5.74, 6) is -0.0610. The molecular formula is C12H22N4O2S. The molecule has 0 aromatic carbocycles. The Morgan fingerprint density at radius 2 is 2.05 bits per heavy atom. The van der Waals surface area contributed by atoms with Crippen LogP contribution in [-0.4, -0.2) is 44.1 Å². The van der Waals surface area contributed by atoms with E-state index in [4.69, 9.17) is 16.2 Å². The van der Waals surface area contributed by atoms with Crippen molar-refractivity contribution in [3.63, 3.8) is 0 Å². The molecule has 0 aliphatic rings. The molecule has 0 aliphatic carbocycles. The van der Waals surface area contributed by atoms with E-state index in [1.807, 2.05) is 14.1 Å². The van der Waals surface area contributed by atoms with Crippen LogP contribution in [0.4, 0.5) is 10.7 Å². The first-order valence-electron chi connectivity index (χ1n) is 5.88. The highest BCUT2D eigenvalue weighted by atomic mass is 32.1. The van der Waals surface area contributed by atoms with Crippen LogP contribution in [-0.2, 0) is 0 Å². The highest BCUT2D eigenvalue weighted by Crippen LogP contribution is 2.42. The van der Waals surface area contributed by atoms with Gasteiger partial charge in [-0.25, -0.2) is 0 Å². The summed E-state index contributed by atoms with van der Waals surface area (Å²) in [4.78, 5) is 13.7. The zero-order valence-corrected chi connectivity index (χ0v) is 12.9. The normalized spacial score (nSPS) is 11.7. The molecule has 1 amide bonds. The van der Waals surface area contributed by atoms with Crippen LogP contribution in [0, 0.1) is 0 Å². The van der Waals surface area contributed by atoms with Gasteiger partial charge in [0, 0.05) is 12.1 Å². The maximum absolute atomic E-state index is 11.3. The number of nitrogens with one attached hydrogen (secondary N) is 1. The first-order chi connectivity index (χ1) is 8.70. The van der Waals surface area contributed by atoms with Crippen molar-refractivity contribution in [3.05, 3.63) is 4.88 Å². The molecule has 108 valence electrons. The molecular weight excluding hydrogens is 264 g/mol. The maximum Gasteiger partial charge on any atom is 0.261 e. The molecule has 1 aromatic heterocycles. The molecule has 6 nitrogen and oxygen atoms in total. The SMILES string of the molecule is COc1c(NCC(C)(C)N(C)C)sc(C(N)=O)c1N. The average molecular weight is 286 g/mol. The Kier molecular flexibility index (Phi) is 4.65. The number of ether oxygens (including phenoxy) is 1. The molecule has 0 unspecified atom stereocenters. The number of primary amides is 1.